The quantitative estimate of drug-likeness (QED) is 0.821. The number of rotatable bonds is 3. The maximum atomic E-state index is 13.6. The summed E-state index contributed by atoms with van der Waals surface area (Å²) in [6, 6.07) is 11.8. The van der Waals surface area contributed by atoms with Gasteiger partial charge < -0.3 is 10.5 Å². The Kier molecular flexibility index (Phi) is 3.28. The third-order valence-electron chi connectivity index (χ3n) is 2.47. The van der Waals surface area contributed by atoms with Gasteiger partial charge in [-0.15, -0.1) is 0 Å². The van der Waals surface area contributed by atoms with Crippen molar-refractivity contribution in [3.8, 4) is 16.9 Å². The molecule has 0 saturated carbocycles. The zero-order valence-corrected chi connectivity index (χ0v) is 9.61. The molecule has 0 fully saturated rings. The van der Waals surface area contributed by atoms with Crippen molar-refractivity contribution in [1.29, 1.82) is 0 Å². The van der Waals surface area contributed by atoms with Crippen molar-refractivity contribution < 1.29 is 9.13 Å². The molecular formula is C14H14FNO. The minimum atomic E-state index is -0.275. The van der Waals surface area contributed by atoms with Gasteiger partial charge in [-0.25, -0.2) is 4.39 Å². The van der Waals surface area contributed by atoms with Gasteiger partial charge in [-0.2, -0.15) is 0 Å². The van der Waals surface area contributed by atoms with Crippen LogP contribution in [0.5, 0.6) is 5.75 Å². The highest BCUT2D eigenvalue weighted by atomic mass is 19.1. The molecule has 0 amide bonds. The Labute approximate surface area is 99.8 Å². The SMILES string of the molecule is CCOc1ccc(-c2cc(N)ccc2F)cc1. The Morgan fingerprint density at radius 2 is 1.82 bits per heavy atom. The van der Waals surface area contributed by atoms with Gasteiger partial charge in [0.1, 0.15) is 11.6 Å². The molecule has 3 heteroatoms. The molecule has 0 spiro atoms. The van der Waals surface area contributed by atoms with Crippen LogP contribution in [0.1, 0.15) is 6.92 Å². The van der Waals surface area contributed by atoms with Crippen LogP contribution in [-0.4, -0.2) is 6.61 Å². The number of benzene rings is 2. The minimum absolute atomic E-state index is 0.275. The lowest BCUT2D eigenvalue weighted by Crippen LogP contribution is -1.92. The summed E-state index contributed by atoms with van der Waals surface area (Å²) in [6.07, 6.45) is 0. The van der Waals surface area contributed by atoms with Gasteiger partial charge >= 0.3 is 0 Å². The third-order valence-corrected chi connectivity index (χ3v) is 2.47. The molecule has 0 atom stereocenters. The van der Waals surface area contributed by atoms with E-state index >= 15 is 0 Å². The summed E-state index contributed by atoms with van der Waals surface area (Å²) in [5.74, 6) is 0.504. The zero-order valence-electron chi connectivity index (χ0n) is 9.61. The lowest BCUT2D eigenvalue weighted by molar-refractivity contribution is 0.340. The van der Waals surface area contributed by atoms with Crippen LogP contribution in [0, 0.1) is 5.82 Å². The van der Waals surface area contributed by atoms with Crippen LogP contribution >= 0.6 is 0 Å². The Morgan fingerprint density at radius 1 is 1.12 bits per heavy atom. The molecule has 0 aromatic heterocycles. The second-order valence-electron chi connectivity index (χ2n) is 3.70. The molecule has 2 rings (SSSR count). The fraction of sp³-hybridized carbons (Fsp3) is 0.143. The van der Waals surface area contributed by atoms with E-state index < -0.39 is 0 Å². The van der Waals surface area contributed by atoms with E-state index in [-0.39, 0.29) is 5.82 Å². The lowest BCUT2D eigenvalue weighted by Gasteiger charge is -2.07. The highest BCUT2D eigenvalue weighted by molar-refractivity contribution is 5.68. The van der Waals surface area contributed by atoms with E-state index in [0.717, 1.165) is 11.3 Å². The Balaban J connectivity index is 2.36. The van der Waals surface area contributed by atoms with Crippen LogP contribution in [0.3, 0.4) is 0 Å². The molecule has 0 heterocycles. The maximum absolute atomic E-state index is 13.6. The second kappa shape index (κ2) is 4.87. The van der Waals surface area contributed by atoms with Crippen LogP contribution < -0.4 is 10.5 Å². The number of hydrogen-bond acceptors (Lipinski definition) is 2. The fourth-order valence-electron chi connectivity index (χ4n) is 1.66. The van der Waals surface area contributed by atoms with E-state index in [1.165, 1.54) is 6.07 Å². The molecule has 2 nitrogen and oxygen atoms in total. The first kappa shape index (κ1) is 11.5. The van der Waals surface area contributed by atoms with E-state index in [9.17, 15) is 4.39 Å². The van der Waals surface area contributed by atoms with E-state index in [1.54, 1.807) is 12.1 Å². The van der Waals surface area contributed by atoms with Crippen molar-refractivity contribution >= 4 is 5.69 Å². The number of anilines is 1. The first-order valence-corrected chi connectivity index (χ1v) is 5.49. The topological polar surface area (TPSA) is 35.2 Å². The van der Waals surface area contributed by atoms with Crippen LogP contribution in [0.4, 0.5) is 10.1 Å². The Morgan fingerprint density at radius 3 is 2.47 bits per heavy atom. The van der Waals surface area contributed by atoms with Crippen molar-refractivity contribution in [2.75, 3.05) is 12.3 Å². The summed E-state index contributed by atoms with van der Waals surface area (Å²) >= 11 is 0. The van der Waals surface area contributed by atoms with Crippen molar-refractivity contribution in [3.05, 3.63) is 48.3 Å². The molecule has 0 aliphatic carbocycles. The highest BCUT2D eigenvalue weighted by Crippen LogP contribution is 2.26. The summed E-state index contributed by atoms with van der Waals surface area (Å²) in [4.78, 5) is 0. The number of ether oxygens (including phenoxy) is 1. The van der Waals surface area contributed by atoms with Gasteiger partial charge in [0, 0.05) is 11.3 Å². The Hall–Kier alpha value is -2.03. The molecule has 2 aromatic carbocycles. The smallest absolute Gasteiger partial charge is 0.131 e. The average Bonchev–Trinajstić information content (AvgIpc) is 2.34. The largest absolute Gasteiger partial charge is 0.494 e. The van der Waals surface area contributed by atoms with Crippen molar-refractivity contribution in [3.63, 3.8) is 0 Å². The summed E-state index contributed by atoms with van der Waals surface area (Å²) in [7, 11) is 0. The third kappa shape index (κ3) is 2.56. The number of nitrogens with two attached hydrogens (primary N) is 1. The molecule has 2 aromatic rings. The summed E-state index contributed by atoms with van der Waals surface area (Å²) < 4.78 is 18.9. The number of halogens is 1. The van der Waals surface area contributed by atoms with Gasteiger partial charge in [0.15, 0.2) is 0 Å². The molecule has 17 heavy (non-hydrogen) atoms. The summed E-state index contributed by atoms with van der Waals surface area (Å²) in [5, 5.41) is 0. The number of hydrogen-bond donors (Lipinski definition) is 1. The summed E-state index contributed by atoms with van der Waals surface area (Å²) in [6.45, 7) is 2.54. The molecule has 2 N–H and O–H groups in total. The predicted molar refractivity (Wildman–Crippen MR) is 67.4 cm³/mol. The standard InChI is InChI=1S/C14H14FNO/c1-2-17-12-6-3-10(4-7-12)13-9-11(16)5-8-14(13)15/h3-9H,2,16H2,1H3. The highest BCUT2D eigenvalue weighted by Gasteiger charge is 2.05. The van der Waals surface area contributed by atoms with Crippen LogP contribution in [0.15, 0.2) is 42.5 Å². The minimum Gasteiger partial charge on any atom is -0.494 e. The number of nitrogen functional groups attached to an aromatic ring is 1. The normalized spacial score (nSPS) is 10.2. The zero-order chi connectivity index (χ0) is 12.3. The molecule has 0 saturated heterocycles. The van der Waals surface area contributed by atoms with Crippen LogP contribution in [-0.2, 0) is 0 Å². The van der Waals surface area contributed by atoms with Gasteiger partial charge in [0.25, 0.3) is 0 Å². The molecule has 0 aliphatic rings. The molecule has 0 radical (unpaired) electrons. The maximum Gasteiger partial charge on any atom is 0.131 e. The van der Waals surface area contributed by atoms with Gasteiger partial charge in [0.2, 0.25) is 0 Å². The molecule has 0 aliphatic heterocycles. The first-order valence-electron chi connectivity index (χ1n) is 5.49. The molecule has 0 bridgehead atoms. The molecule has 88 valence electrons. The summed E-state index contributed by atoms with van der Waals surface area (Å²) in [5.41, 5.74) is 7.50. The van der Waals surface area contributed by atoms with Gasteiger partial charge in [-0.3, -0.25) is 0 Å². The van der Waals surface area contributed by atoms with Gasteiger partial charge in [-0.1, -0.05) is 12.1 Å². The average molecular weight is 231 g/mol. The molecule has 0 unspecified atom stereocenters. The first-order chi connectivity index (χ1) is 8.20. The molecular weight excluding hydrogens is 217 g/mol. The van der Waals surface area contributed by atoms with Gasteiger partial charge in [-0.05, 0) is 42.8 Å². The Bertz CT molecular complexity index is 508. The predicted octanol–water partition coefficient (Wildman–Crippen LogP) is 3.47. The second-order valence-corrected chi connectivity index (χ2v) is 3.70. The van der Waals surface area contributed by atoms with E-state index in [0.29, 0.717) is 17.9 Å². The van der Waals surface area contributed by atoms with Crippen molar-refractivity contribution in [2.45, 2.75) is 6.92 Å². The van der Waals surface area contributed by atoms with Crippen LogP contribution in [0.2, 0.25) is 0 Å². The van der Waals surface area contributed by atoms with E-state index in [2.05, 4.69) is 0 Å². The monoisotopic (exact) mass is 231 g/mol. The fourth-order valence-corrected chi connectivity index (χ4v) is 1.66. The van der Waals surface area contributed by atoms with Crippen molar-refractivity contribution in [1.82, 2.24) is 0 Å². The van der Waals surface area contributed by atoms with E-state index in [1.807, 2.05) is 31.2 Å². The van der Waals surface area contributed by atoms with E-state index in [4.69, 9.17) is 10.5 Å². The van der Waals surface area contributed by atoms with Gasteiger partial charge in [0.05, 0.1) is 6.61 Å². The van der Waals surface area contributed by atoms with Crippen molar-refractivity contribution in [2.24, 2.45) is 0 Å². The van der Waals surface area contributed by atoms with Crippen LogP contribution in [0.25, 0.3) is 11.1 Å². The lowest BCUT2D eigenvalue weighted by atomic mass is 10.0.